The summed E-state index contributed by atoms with van der Waals surface area (Å²) < 4.78 is 9.40. The minimum Gasteiger partial charge on any atom is -0.496 e. The molecule has 2 aromatic rings. The minimum atomic E-state index is -0.321. The summed E-state index contributed by atoms with van der Waals surface area (Å²) in [5.41, 5.74) is 4.66. The Morgan fingerprint density at radius 3 is 1.83 bits per heavy atom. The Morgan fingerprint density at radius 1 is 0.943 bits per heavy atom. The van der Waals surface area contributed by atoms with Crippen LogP contribution in [0.3, 0.4) is 0 Å². The normalized spacial score (nSPS) is 10.4. The van der Waals surface area contributed by atoms with Crippen LogP contribution < -0.4 is 15.5 Å². The number of anilines is 1. The third-order valence-corrected chi connectivity index (χ3v) is 5.04. The molecule has 0 bridgehead atoms. The van der Waals surface area contributed by atoms with Crippen LogP contribution in [0.5, 0.6) is 5.75 Å². The van der Waals surface area contributed by atoms with Crippen molar-refractivity contribution in [3.8, 4) is 5.75 Å². The lowest BCUT2D eigenvalue weighted by molar-refractivity contribution is -0.126. The number of aromatic amines is 1. The molecule has 0 aliphatic carbocycles. The number of benzene rings is 1. The van der Waals surface area contributed by atoms with Crippen molar-refractivity contribution in [3.05, 3.63) is 69.7 Å². The lowest BCUT2D eigenvalue weighted by atomic mass is 9.79. The predicted octanol–water partition coefficient (Wildman–Crippen LogP) is 5.59. The number of aromatic nitrogens is 1. The highest BCUT2D eigenvalue weighted by atomic mass is 16.5. The molecule has 0 radical (unpaired) electrons. The Morgan fingerprint density at radius 2 is 1.49 bits per heavy atom. The molecule has 0 unspecified atom stereocenters. The van der Waals surface area contributed by atoms with E-state index in [0.717, 1.165) is 11.4 Å². The molecule has 1 heterocycles. The number of aldehydes is 1. The van der Waals surface area contributed by atoms with Crippen molar-refractivity contribution in [3.63, 3.8) is 0 Å². The van der Waals surface area contributed by atoms with Gasteiger partial charge in [0.05, 0.1) is 19.8 Å². The van der Waals surface area contributed by atoms with E-state index >= 15 is 0 Å². The third kappa shape index (κ3) is 8.92. The number of nitrogens with one attached hydrogen (secondary N) is 2. The van der Waals surface area contributed by atoms with Crippen molar-refractivity contribution in [1.29, 1.82) is 0 Å². The van der Waals surface area contributed by atoms with Crippen LogP contribution in [0.25, 0.3) is 12.2 Å². The smallest absolute Gasteiger partial charge is 0.292 e. The van der Waals surface area contributed by atoms with Crippen LogP contribution in [0, 0.1) is 0 Å². The van der Waals surface area contributed by atoms with Gasteiger partial charge in [0.15, 0.2) is 11.7 Å². The highest BCUT2D eigenvalue weighted by molar-refractivity contribution is 5.77. The van der Waals surface area contributed by atoms with Crippen LogP contribution in [-0.2, 0) is 20.4 Å². The van der Waals surface area contributed by atoms with Crippen LogP contribution in [0.4, 0.5) is 5.69 Å². The molecule has 0 atom stereocenters. The second-order valence-electron chi connectivity index (χ2n) is 9.61. The number of hydrogen-bond acceptors (Lipinski definition) is 6. The van der Waals surface area contributed by atoms with Crippen molar-refractivity contribution in [2.75, 3.05) is 26.6 Å². The number of pyridine rings is 1. The van der Waals surface area contributed by atoms with Gasteiger partial charge in [-0.2, -0.15) is 0 Å². The molecule has 0 fully saturated rings. The molecule has 1 aromatic heterocycles. The molecule has 0 aliphatic heterocycles. The van der Waals surface area contributed by atoms with Gasteiger partial charge in [-0.3, -0.25) is 14.4 Å². The summed E-state index contributed by atoms with van der Waals surface area (Å²) in [5, 5.41) is 3.28. The van der Waals surface area contributed by atoms with Crippen molar-refractivity contribution < 1.29 is 19.1 Å². The van der Waals surface area contributed by atoms with Crippen molar-refractivity contribution in [2.24, 2.45) is 0 Å². The van der Waals surface area contributed by atoms with Crippen molar-refractivity contribution in [2.45, 2.75) is 52.4 Å². The highest BCUT2D eigenvalue weighted by Crippen LogP contribution is 2.39. The summed E-state index contributed by atoms with van der Waals surface area (Å²) >= 11 is 0. The molecule has 0 spiro atoms. The first-order valence-electron chi connectivity index (χ1n) is 11.1. The minimum absolute atomic E-state index is 0.0810. The summed E-state index contributed by atoms with van der Waals surface area (Å²) in [6.45, 7) is 20.8. The van der Waals surface area contributed by atoms with Gasteiger partial charge in [0, 0.05) is 36.3 Å². The summed E-state index contributed by atoms with van der Waals surface area (Å²) in [4.78, 5) is 33.6. The van der Waals surface area contributed by atoms with E-state index in [-0.39, 0.29) is 21.8 Å². The van der Waals surface area contributed by atoms with E-state index in [2.05, 4.69) is 81.9 Å². The van der Waals surface area contributed by atoms with Crippen LogP contribution in [0.15, 0.2) is 36.3 Å². The van der Waals surface area contributed by atoms with Crippen LogP contribution >= 0.6 is 0 Å². The SMILES string of the molecule is C=Cc1[nH]cc(C=O)c(=O)c1C=C.CNc1cc(OC)c(C(C)(C)C)cc1C(C)(C)C.COC=O. The molecule has 0 aliphatic rings. The maximum absolute atomic E-state index is 11.4. The number of carbonyl (C=O) groups excluding carboxylic acids is 2. The first-order valence-corrected chi connectivity index (χ1v) is 11.1. The van der Waals surface area contributed by atoms with E-state index in [1.54, 1.807) is 7.11 Å². The second kappa shape index (κ2) is 13.9. The van der Waals surface area contributed by atoms with Gasteiger partial charge in [0.1, 0.15) is 5.75 Å². The molecule has 0 saturated heterocycles. The highest BCUT2D eigenvalue weighted by Gasteiger charge is 2.25. The molecule has 1 aromatic carbocycles. The Hall–Kier alpha value is -3.61. The van der Waals surface area contributed by atoms with Gasteiger partial charge in [-0.15, -0.1) is 0 Å². The molecule has 35 heavy (non-hydrogen) atoms. The van der Waals surface area contributed by atoms with Crippen molar-refractivity contribution >= 4 is 30.6 Å². The molecule has 7 nitrogen and oxygen atoms in total. The first-order chi connectivity index (χ1) is 16.3. The van der Waals surface area contributed by atoms with Crippen LogP contribution in [0.2, 0.25) is 0 Å². The largest absolute Gasteiger partial charge is 0.496 e. The Bertz CT molecular complexity index is 1030. The Kier molecular flexibility index (Phi) is 12.5. The molecule has 192 valence electrons. The molecule has 7 heteroatoms. The Labute approximate surface area is 209 Å². The topological polar surface area (TPSA) is 97.5 Å². The quantitative estimate of drug-likeness (QED) is 0.519. The summed E-state index contributed by atoms with van der Waals surface area (Å²) in [7, 11) is 5.01. The van der Waals surface area contributed by atoms with Crippen LogP contribution in [0.1, 0.15) is 74.3 Å². The monoisotopic (exact) mass is 484 g/mol. The molecule has 0 saturated carbocycles. The van der Waals surface area contributed by atoms with Gasteiger partial charge in [-0.1, -0.05) is 60.8 Å². The maximum atomic E-state index is 11.4. The van der Waals surface area contributed by atoms with E-state index < -0.39 is 0 Å². The fraction of sp³-hybridized carbons (Fsp3) is 0.393. The van der Waals surface area contributed by atoms with Gasteiger partial charge in [0.25, 0.3) is 6.47 Å². The molecule has 2 rings (SSSR count). The van der Waals surface area contributed by atoms with Crippen molar-refractivity contribution in [1.82, 2.24) is 4.98 Å². The number of hydrogen-bond donors (Lipinski definition) is 2. The van der Waals surface area contributed by atoms with Gasteiger partial charge in [-0.05, 0) is 34.1 Å². The van der Waals surface area contributed by atoms with Gasteiger partial charge >= 0.3 is 0 Å². The zero-order valence-corrected chi connectivity index (χ0v) is 22.5. The van der Waals surface area contributed by atoms with E-state index in [9.17, 15) is 9.59 Å². The summed E-state index contributed by atoms with van der Waals surface area (Å²) in [6, 6.07) is 4.39. The standard InChI is InChI=1S/C16H27NO.C10H9NO2.C2H4O2/c1-15(2,3)11-9-12(16(4,5)6)14(18-8)10-13(11)17-7;1-3-8-9(4-2)11-5-7(6-12)10(8)13;1-4-2-3/h9-10,17H,1-8H3;3-6H,1-2H2,(H,11,13);2H,1H3. The van der Waals surface area contributed by atoms with E-state index in [1.807, 2.05) is 7.05 Å². The predicted molar refractivity (Wildman–Crippen MR) is 146 cm³/mol. The van der Waals surface area contributed by atoms with E-state index in [1.165, 1.54) is 36.6 Å². The lowest BCUT2D eigenvalue weighted by Crippen LogP contribution is -2.19. The number of H-pyrrole nitrogens is 1. The van der Waals surface area contributed by atoms with Gasteiger partial charge in [-0.25, -0.2) is 0 Å². The van der Waals surface area contributed by atoms with E-state index in [4.69, 9.17) is 9.53 Å². The summed E-state index contributed by atoms with van der Waals surface area (Å²) in [6.07, 6.45) is 4.79. The third-order valence-electron chi connectivity index (χ3n) is 5.04. The summed E-state index contributed by atoms with van der Waals surface area (Å²) in [5.74, 6) is 0.958. The Balaban J connectivity index is 0.000000594. The fourth-order valence-corrected chi connectivity index (χ4v) is 3.20. The molecular weight excluding hydrogens is 444 g/mol. The maximum Gasteiger partial charge on any atom is 0.292 e. The fourth-order valence-electron chi connectivity index (χ4n) is 3.20. The van der Waals surface area contributed by atoms with Gasteiger partial charge < -0.3 is 19.8 Å². The number of rotatable bonds is 6. The number of ether oxygens (including phenoxy) is 2. The average molecular weight is 485 g/mol. The zero-order chi connectivity index (χ0) is 27.4. The lowest BCUT2D eigenvalue weighted by Gasteiger charge is -2.29. The van der Waals surface area contributed by atoms with E-state index in [0.29, 0.717) is 24.0 Å². The molecule has 0 amide bonds. The molecule has 2 N–H and O–H groups in total. The van der Waals surface area contributed by atoms with Crippen LogP contribution in [-0.4, -0.2) is 39.0 Å². The first kappa shape index (κ1) is 31.4. The van der Waals surface area contributed by atoms with Gasteiger partial charge in [0.2, 0.25) is 0 Å². The average Bonchev–Trinajstić information content (AvgIpc) is 2.82. The second-order valence-corrected chi connectivity index (χ2v) is 9.61. The molecular formula is C28H40N2O5. The number of carbonyl (C=O) groups is 2. The zero-order valence-electron chi connectivity index (χ0n) is 22.5. The number of methoxy groups -OCH3 is 2.